The minimum Gasteiger partial charge on any atom is -0.496 e. The number of nitrogens with zero attached hydrogens (tertiary/aromatic N) is 3. The van der Waals surface area contributed by atoms with E-state index in [1.165, 1.54) is 17.0 Å². The van der Waals surface area contributed by atoms with Gasteiger partial charge in [0.15, 0.2) is 0 Å². The Kier molecular flexibility index (Phi) is 6.30. The van der Waals surface area contributed by atoms with Gasteiger partial charge >= 0.3 is 0 Å². The van der Waals surface area contributed by atoms with Gasteiger partial charge < -0.3 is 19.3 Å². The van der Waals surface area contributed by atoms with Crippen LogP contribution < -0.4 is 9.64 Å². The average molecular weight is 424 g/mol. The highest BCUT2D eigenvalue weighted by Crippen LogP contribution is 2.32. The minimum atomic E-state index is -0.0929. The number of thiazole rings is 1. The second kappa shape index (κ2) is 9.28. The first-order valence-electron chi connectivity index (χ1n) is 9.91. The Balaban J connectivity index is 1.42. The maximum Gasteiger partial charge on any atom is 0.273 e. The van der Waals surface area contributed by atoms with E-state index in [1.54, 1.807) is 19.1 Å². The smallest absolute Gasteiger partial charge is 0.273 e. The molecule has 0 N–H and O–H groups in total. The molecule has 0 spiro atoms. The van der Waals surface area contributed by atoms with Gasteiger partial charge in [-0.2, -0.15) is 0 Å². The van der Waals surface area contributed by atoms with Crippen molar-refractivity contribution >= 4 is 22.9 Å². The highest BCUT2D eigenvalue weighted by Gasteiger charge is 2.18. The van der Waals surface area contributed by atoms with Crippen molar-refractivity contribution in [2.45, 2.75) is 6.54 Å². The summed E-state index contributed by atoms with van der Waals surface area (Å²) in [7, 11) is 3.44. The molecule has 0 aliphatic carbocycles. The molecule has 1 aromatic heterocycles. The van der Waals surface area contributed by atoms with Crippen LogP contribution in [0.4, 0.5) is 5.69 Å². The van der Waals surface area contributed by atoms with Crippen molar-refractivity contribution < 1.29 is 14.3 Å². The summed E-state index contributed by atoms with van der Waals surface area (Å²) >= 11 is 1.45. The maximum atomic E-state index is 12.9. The Morgan fingerprint density at radius 3 is 2.63 bits per heavy atom. The van der Waals surface area contributed by atoms with Crippen LogP contribution in [0.25, 0.3) is 10.6 Å². The van der Waals surface area contributed by atoms with Crippen LogP contribution in [0.15, 0.2) is 53.9 Å². The number of benzene rings is 2. The molecule has 1 fully saturated rings. The number of methoxy groups -OCH3 is 1. The van der Waals surface area contributed by atoms with Gasteiger partial charge in [0, 0.05) is 37.7 Å². The van der Waals surface area contributed by atoms with Gasteiger partial charge in [-0.3, -0.25) is 4.79 Å². The molecule has 0 radical (unpaired) electrons. The number of rotatable bonds is 6. The number of morpholine rings is 1. The Bertz CT molecular complexity index is 997. The third kappa shape index (κ3) is 4.47. The summed E-state index contributed by atoms with van der Waals surface area (Å²) in [5, 5.41) is 2.58. The predicted octanol–water partition coefficient (Wildman–Crippen LogP) is 3.93. The molecule has 7 heteroatoms. The fourth-order valence-corrected chi connectivity index (χ4v) is 4.32. The van der Waals surface area contributed by atoms with Crippen molar-refractivity contribution in [2.75, 3.05) is 45.4 Å². The van der Waals surface area contributed by atoms with Crippen LogP contribution in [-0.2, 0) is 11.3 Å². The van der Waals surface area contributed by atoms with E-state index >= 15 is 0 Å². The molecule has 1 saturated heterocycles. The van der Waals surface area contributed by atoms with E-state index in [0.717, 1.165) is 48.2 Å². The minimum absolute atomic E-state index is 0.0929. The third-order valence-corrected chi connectivity index (χ3v) is 6.02. The first-order valence-corrected chi connectivity index (χ1v) is 10.8. The zero-order chi connectivity index (χ0) is 20.9. The highest BCUT2D eigenvalue weighted by atomic mass is 32.1. The predicted molar refractivity (Wildman–Crippen MR) is 119 cm³/mol. The Morgan fingerprint density at radius 1 is 1.17 bits per heavy atom. The zero-order valence-electron chi connectivity index (χ0n) is 17.2. The summed E-state index contributed by atoms with van der Waals surface area (Å²) in [6.45, 7) is 3.89. The van der Waals surface area contributed by atoms with Crippen LogP contribution in [-0.4, -0.2) is 56.3 Å². The molecule has 156 valence electrons. The van der Waals surface area contributed by atoms with Gasteiger partial charge in [0.25, 0.3) is 5.91 Å². The Labute approximate surface area is 180 Å². The number of anilines is 1. The van der Waals surface area contributed by atoms with E-state index in [-0.39, 0.29) is 5.91 Å². The topological polar surface area (TPSA) is 54.9 Å². The molecular weight excluding hydrogens is 398 g/mol. The van der Waals surface area contributed by atoms with Crippen LogP contribution in [0, 0.1) is 0 Å². The van der Waals surface area contributed by atoms with Crippen molar-refractivity contribution in [2.24, 2.45) is 0 Å². The lowest BCUT2D eigenvalue weighted by atomic mass is 10.1. The monoisotopic (exact) mass is 423 g/mol. The van der Waals surface area contributed by atoms with Crippen LogP contribution >= 0.6 is 11.3 Å². The third-order valence-electron chi connectivity index (χ3n) is 5.14. The molecular formula is C23H25N3O3S. The number of carbonyl (C=O) groups is 1. The molecule has 1 aliphatic heterocycles. The molecule has 1 amide bonds. The average Bonchev–Trinajstić information content (AvgIpc) is 3.29. The SMILES string of the molecule is COc1ccccc1-c1nc(C(=O)N(C)Cc2ccc(N3CCOCC3)cc2)cs1. The van der Waals surface area contributed by atoms with E-state index in [1.807, 2.05) is 29.6 Å². The number of ether oxygens (including phenoxy) is 2. The summed E-state index contributed by atoms with van der Waals surface area (Å²) in [5.41, 5.74) is 3.62. The Hall–Kier alpha value is -2.90. The fourth-order valence-electron chi connectivity index (χ4n) is 3.49. The van der Waals surface area contributed by atoms with Crippen molar-refractivity contribution in [1.29, 1.82) is 0 Å². The zero-order valence-corrected chi connectivity index (χ0v) is 18.0. The van der Waals surface area contributed by atoms with Crippen molar-refractivity contribution in [3.63, 3.8) is 0 Å². The summed E-state index contributed by atoms with van der Waals surface area (Å²) in [5.74, 6) is 0.657. The molecule has 2 heterocycles. The van der Waals surface area contributed by atoms with Gasteiger partial charge in [-0.05, 0) is 29.8 Å². The number of aromatic nitrogens is 1. The lowest BCUT2D eigenvalue weighted by molar-refractivity contribution is 0.0780. The molecule has 6 nitrogen and oxygen atoms in total. The van der Waals surface area contributed by atoms with Gasteiger partial charge in [0.05, 0.1) is 25.9 Å². The number of hydrogen-bond acceptors (Lipinski definition) is 6. The standard InChI is InChI=1S/C23H25N3O3S/c1-25(15-17-7-9-18(10-8-17)26-11-13-29-14-12-26)23(27)20-16-30-22(24-20)19-5-3-4-6-21(19)28-2/h3-10,16H,11-15H2,1-2H3. The second-order valence-electron chi connectivity index (χ2n) is 7.17. The molecule has 0 unspecified atom stereocenters. The molecule has 2 aromatic carbocycles. The van der Waals surface area contributed by atoms with Crippen LogP contribution in [0.3, 0.4) is 0 Å². The first-order chi connectivity index (χ1) is 14.7. The largest absolute Gasteiger partial charge is 0.496 e. The summed E-state index contributed by atoms with van der Waals surface area (Å²) in [4.78, 5) is 21.5. The molecule has 1 aliphatic rings. The quantitative estimate of drug-likeness (QED) is 0.601. The van der Waals surface area contributed by atoms with Crippen LogP contribution in [0.5, 0.6) is 5.75 Å². The summed E-state index contributed by atoms with van der Waals surface area (Å²) in [6, 6.07) is 16.1. The van der Waals surface area contributed by atoms with E-state index < -0.39 is 0 Å². The summed E-state index contributed by atoms with van der Waals surface area (Å²) in [6.07, 6.45) is 0. The molecule has 0 atom stereocenters. The summed E-state index contributed by atoms with van der Waals surface area (Å²) < 4.78 is 10.8. The number of amides is 1. The van der Waals surface area contributed by atoms with Crippen LogP contribution in [0.2, 0.25) is 0 Å². The van der Waals surface area contributed by atoms with E-state index in [0.29, 0.717) is 12.2 Å². The number of para-hydroxylation sites is 1. The number of hydrogen-bond donors (Lipinski definition) is 0. The van der Waals surface area contributed by atoms with Crippen molar-refractivity contribution in [3.05, 3.63) is 65.2 Å². The fraction of sp³-hybridized carbons (Fsp3) is 0.304. The van der Waals surface area contributed by atoms with Gasteiger partial charge in [0.1, 0.15) is 16.5 Å². The molecule has 3 aromatic rings. The van der Waals surface area contributed by atoms with E-state index in [4.69, 9.17) is 9.47 Å². The van der Waals surface area contributed by atoms with Gasteiger partial charge in [0.2, 0.25) is 0 Å². The maximum absolute atomic E-state index is 12.9. The van der Waals surface area contributed by atoms with Gasteiger partial charge in [-0.1, -0.05) is 24.3 Å². The molecule has 0 bridgehead atoms. The molecule has 30 heavy (non-hydrogen) atoms. The lowest BCUT2D eigenvalue weighted by Crippen LogP contribution is -2.36. The molecule has 4 rings (SSSR count). The Morgan fingerprint density at radius 2 is 1.90 bits per heavy atom. The highest BCUT2D eigenvalue weighted by molar-refractivity contribution is 7.13. The van der Waals surface area contributed by atoms with Crippen molar-refractivity contribution in [3.8, 4) is 16.3 Å². The van der Waals surface area contributed by atoms with Crippen LogP contribution in [0.1, 0.15) is 16.1 Å². The van der Waals surface area contributed by atoms with Gasteiger partial charge in [-0.25, -0.2) is 4.98 Å². The van der Waals surface area contributed by atoms with Crippen molar-refractivity contribution in [1.82, 2.24) is 9.88 Å². The number of carbonyl (C=O) groups excluding carboxylic acids is 1. The van der Waals surface area contributed by atoms with Gasteiger partial charge in [-0.15, -0.1) is 11.3 Å². The second-order valence-corrected chi connectivity index (χ2v) is 8.02. The molecule has 0 saturated carbocycles. The lowest BCUT2D eigenvalue weighted by Gasteiger charge is -2.29. The first kappa shape index (κ1) is 20.4. The van der Waals surface area contributed by atoms with E-state index in [9.17, 15) is 4.79 Å². The van der Waals surface area contributed by atoms with E-state index in [2.05, 4.69) is 34.1 Å². The normalized spacial score (nSPS) is 13.9.